The third-order valence-corrected chi connectivity index (χ3v) is 2.52. The first kappa shape index (κ1) is 8.24. The molecule has 0 unspecified atom stereocenters. The molecule has 2 heteroatoms. The largest absolute Gasteiger partial charge is 0.326 e. The molecule has 2 aromatic carbocycles. The van der Waals surface area contributed by atoms with Gasteiger partial charge in [0.25, 0.3) is 0 Å². The smallest absolute Gasteiger partial charge is 0.0994 e. The van der Waals surface area contributed by atoms with Crippen LogP contribution in [-0.2, 0) is 0 Å². The van der Waals surface area contributed by atoms with Gasteiger partial charge in [-0.1, -0.05) is 35.8 Å². The first-order chi connectivity index (χ1) is 7.45. The van der Waals surface area contributed by atoms with Crippen LogP contribution in [0.2, 0.25) is 0 Å². The maximum Gasteiger partial charge on any atom is 0.326 e. The molecule has 15 heavy (non-hydrogen) atoms. The first-order valence-corrected chi connectivity index (χ1v) is 4.94. The molecule has 0 fully saturated rings. The van der Waals surface area contributed by atoms with Gasteiger partial charge in [0.2, 0.25) is 0 Å². The number of benzene rings is 2. The molecule has 0 aliphatic carbocycles. The Balaban J connectivity index is 2.11. The fourth-order valence-corrected chi connectivity index (χ4v) is 1.78. The molecule has 0 atom stereocenters. The summed E-state index contributed by atoms with van der Waals surface area (Å²) in [6.45, 7) is 0. The Labute approximate surface area is 88.3 Å². The SMILES string of the molecule is c1ccc(C2=[N+]Nc3ccccc32)cc1. The normalized spacial score (nSPS) is 12.9. The number of fused-ring (bicyclic) bond motifs is 1. The highest BCUT2D eigenvalue weighted by Gasteiger charge is 2.28. The lowest BCUT2D eigenvalue weighted by molar-refractivity contribution is 1.24. The third-order valence-electron chi connectivity index (χ3n) is 2.52. The van der Waals surface area contributed by atoms with E-state index in [1.807, 2.05) is 36.4 Å². The number of nitrogens with zero attached hydrogens (tertiary/aromatic N) is 1. The van der Waals surface area contributed by atoms with Gasteiger partial charge in [-0.3, -0.25) is 0 Å². The molecule has 1 aliphatic rings. The van der Waals surface area contributed by atoms with E-state index in [0.29, 0.717) is 0 Å². The van der Waals surface area contributed by atoms with E-state index >= 15 is 0 Å². The molecule has 0 spiro atoms. The van der Waals surface area contributed by atoms with Crippen LogP contribution < -0.4 is 10.5 Å². The molecule has 0 bridgehead atoms. The van der Waals surface area contributed by atoms with Crippen LogP contribution in [0.5, 0.6) is 0 Å². The minimum atomic E-state index is 1.02. The maximum atomic E-state index is 4.34. The molecule has 1 N–H and O–H groups in total. The molecule has 2 aromatic rings. The Hall–Kier alpha value is -2.09. The standard InChI is InChI=1S/C13H10N2/c1-2-6-10(7-3-1)13-11-8-4-5-9-12(11)14-15-13/h1-9,14H/q+1. The van der Waals surface area contributed by atoms with Crippen LogP contribution in [0.4, 0.5) is 5.69 Å². The van der Waals surface area contributed by atoms with Crippen molar-refractivity contribution in [1.29, 1.82) is 0 Å². The molecule has 1 radical (unpaired) electrons. The van der Waals surface area contributed by atoms with Crippen molar-refractivity contribution < 1.29 is 0 Å². The fraction of sp³-hybridized carbons (Fsp3) is 0. The summed E-state index contributed by atoms with van der Waals surface area (Å²) in [5.41, 5.74) is 7.45. The minimum absolute atomic E-state index is 1.02. The minimum Gasteiger partial charge on any atom is -0.0994 e. The van der Waals surface area contributed by atoms with Gasteiger partial charge in [-0.05, 0) is 24.3 Å². The van der Waals surface area contributed by atoms with Gasteiger partial charge in [-0.25, -0.2) is 0 Å². The van der Waals surface area contributed by atoms with Crippen molar-refractivity contribution in [1.82, 2.24) is 5.10 Å². The number of para-hydroxylation sites is 1. The lowest BCUT2D eigenvalue weighted by atomic mass is 10.0. The van der Waals surface area contributed by atoms with Gasteiger partial charge in [0, 0.05) is 0 Å². The second-order valence-electron chi connectivity index (χ2n) is 3.48. The highest BCUT2D eigenvalue weighted by atomic mass is 15.3. The number of hydrogen-bond acceptors (Lipinski definition) is 2. The summed E-state index contributed by atoms with van der Waals surface area (Å²) < 4.78 is 0. The van der Waals surface area contributed by atoms with Crippen molar-refractivity contribution >= 4 is 11.4 Å². The van der Waals surface area contributed by atoms with Crippen molar-refractivity contribution in [3.8, 4) is 0 Å². The molecule has 3 rings (SSSR count). The van der Waals surface area contributed by atoms with E-state index in [2.05, 4.69) is 28.7 Å². The molecule has 0 amide bonds. The molecular weight excluding hydrogens is 184 g/mol. The Kier molecular flexibility index (Phi) is 1.78. The topological polar surface area (TPSA) is 26.1 Å². The predicted octanol–water partition coefficient (Wildman–Crippen LogP) is 2.20. The Morgan fingerprint density at radius 2 is 1.53 bits per heavy atom. The highest BCUT2D eigenvalue weighted by molar-refractivity contribution is 6.17. The second kappa shape index (κ2) is 3.24. The summed E-state index contributed by atoms with van der Waals surface area (Å²) in [5.74, 6) is 0. The predicted molar refractivity (Wildman–Crippen MR) is 61.9 cm³/mol. The number of hydrazone groups is 1. The van der Waals surface area contributed by atoms with Crippen molar-refractivity contribution in [2.75, 3.05) is 5.43 Å². The zero-order valence-electron chi connectivity index (χ0n) is 8.14. The van der Waals surface area contributed by atoms with Crippen LogP contribution in [0.3, 0.4) is 0 Å². The Bertz CT molecular complexity index is 515. The summed E-state index contributed by atoms with van der Waals surface area (Å²) in [5, 5.41) is 4.34. The number of hydrogen-bond donors (Lipinski definition) is 1. The Morgan fingerprint density at radius 1 is 0.800 bits per heavy atom. The zero-order valence-corrected chi connectivity index (χ0v) is 8.14. The zero-order chi connectivity index (χ0) is 10.1. The van der Waals surface area contributed by atoms with Gasteiger partial charge >= 0.3 is 5.71 Å². The first-order valence-electron chi connectivity index (χ1n) is 4.94. The average molecular weight is 194 g/mol. The van der Waals surface area contributed by atoms with Gasteiger partial charge in [0.05, 0.1) is 11.1 Å². The van der Waals surface area contributed by atoms with E-state index in [0.717, 1.165) is 17.0 Å². The van der Waals surface area contributed by atoms with E-state index in [1.165, 1.54) is 5.56 Å². The molecule has 0 saturated heterocycles. The Morgan fingerprint density at radius 3 is 2.40 bits per heavy atom. The van der Waals surface area contributed by atoms with Crippen LogP contribution in [0.25, 0.3) is 0 Å². The van der Waals surface area contributed by atoms with Crippen molar-refractivity contribution in [2.45, 2.75) is 0 Å². The van der Waals surface area contributed by atoms with Gasteiger partial charge in [-0.2, -0.15) is 0 Å². The van der Waals surface area contributed by atoms with Crippen molar-refractivity contribution in [3.05, 3.63) is 65.7 Å². The van der Waals surface area contributed by atoms with Gasteiger partial charge < -0.3 is 0 Å². The molecular formula is C13H10N2+. The van der Waals surface area contributed by atoms with Crippen LogP contribution >= 0.6 is 0 Å². The molecule has 1 heterocycles. The fourth-order valence-electron chi connectivity index (χ4n) is 1.78. The number of rotatable bonds is 1. The van der Waals surface area contributed by atoms with Gasteiger partial charge in [-0.15, -0.1) is 0 Å². The van der Waals surface area contributed by atoms with Crippen molar-refractivity contribution in [2.24, 2.45) is 0 Å². The van der Waals surface area contributed by atoms with Crippen LogP contribution in [0.1, 0.15) is 11.1 Å². The summed E-state index contributed by atoms with van der Waals surface area (Å²) in [6, 6.07) is 18.4. The van der Waals surface area contributed by atoms with Gasteiger partial charge in [0.1, 0.15) is 5.69 Å². The third kappa shape index (κ3) is 1.31. The van der Waals surface area contributed by atoms with Crippen LogP contribution in [0, 0.1) is 0 Å². The second-order valence-corrected chi connectivity index (χ2v) is 3.48. The van der Waals surface area contributed by atoms with E-state index in [-0.39, 0.29) is 0 Å². The number of anilines is 1. The van der Waals surface area contributed by atoms with E-state index < -0.39 is 0 Å². The monoisotopic (exact) mass is 194 g/mol. The average Bonchev–Trinajstić information content (AvgIpc) is 2.74. The van der Waals surface area contributed by atoms with Crippen molar-refractivity contribution in [3.63, 3.8) is 0 Å². The molecule has 2 nitrogen and oxygen atoms in total. The summed E-state index contributed by atoms with van der Waals surface area (Å²) >= 11 is 0. The number of nitrogens with one attached hydrogen (secondary N) is 1. The lowest BCUT2D eigenvalue weighted by Crippen LogP contribution is -2.05. The van der Waals surface area contributed by atoms with Crippen LogP contribution in [0.15, 0.2) is 54.6 Å². The van der Waals surface area contributed by atoms with Crippen LogP contribution in [-0.4, -0.2) is 5.71 Å². The van der Waals surface area contributed by atoms with Gasteiger partial charge in [0.15, 0.2) is 5.10 Å². The molecule has 71 valence electrons. The molecule has 1 aliphatic heterocycles. The summed E-state index contributed by atoms with van der Waals surface area (Å²) in [7, 11) is 0. The summed E-state index contributed by atoms with van der Waals surface area (Å²) in [4.78, 5) is 0. The summed E-state index contributed by atoms with van der Waals surface area (Å²) in [6.07, 6.45) is 0. The van der Waals surface area contributed by atoms with E-state index in [1.54, 1.807) is 0 Å². The molecule has 0 saturated carbocycles. The molecule has 0 aromatic heterocycles. The quantitative estimate of drug-likeness (QED) is 0.740. The lowest BCUT2D eigenvalue weighted by Gasteiger charge is -1.93. The highest BCUT2D eigenvalue weighted by Crippen LogP contribution is 2.21. The maximum absolute atomic E-state index is 4.34. The van der Waals surface area contributed by atoms with E-state index in [4.69, 9.17) is 0 Å². The van der Waals surface area contributed by atoms with E-state index in [9.17, 15) is 0 Å².